The van der Waals surface area contributed by atoms with Gasteiger partial charge in [-0.15, -0.1) is 0 Å². The molecule has 0 spiro atoms. The third kappa shape index (κ3) is 3.50. The van der Waals surface area contributed by atoms with Crippen molar-refractivity contribution in [3.8, 4) is 11.8 Å². The van der Waals surface area contributed by atoms with Crippen LogP contribution in [0.3, 0.4) is 0 Å². The lowest BCUT2D eigenvalue weighted by atomic mass is 10.1. The summed E-state index contributed by atoms with van der Waals surface area (Å²) in [6, 6.07) is 11.4. The van der Waals surface area contributed by atoms with Crippen LogP contribution in [0.4, 0.5) is 4.39 Å². The predicted molar refractivity (Wildman–Crippen MR) is 79.5 cm³/mol. The zero-order valence-corrected chi connectivity index (χ0v) is 12.7. The van der Waals surface area contributed by atoms with Crippen molar-refractivity contribution in [3.05, 3.63) is 63.9 Å². The van der Waals surface area contributed by atoms with Crippen molar-refractivity contribution in [2.45, 2.75) is 11.9 Å². The number of rotatable bonds is 4. The number of nitriles is 1. The van der Waals surface area contributed by atoms with Crippen molar-refractivity contribution in [1.82, 2.24) is 0 Å². The Morgan fingerprint density at radius 2 is 2.00 bits per heavy atom. The molecule has 2 aromatic rings. The summed E-state index contributed by atoms with van der Waals surface area (Å²) >= 11 is 9.26. The highest BCUT2D eigenvalue weighted by molar-refractivity contribution is 9.08. The Morgan fingerprint density at radius 1 is 1.20 bits per heavy atom. The summed E-state index contributed by atoms with van der Waals surface area (Å²) in [6.45, 7) is 0.0585. The molecule has 2 nitrogen and oxygen atoms in total. The smallest absolute Gasteiger partial charge is 0.129 e. The zero-order chi connectivity index (χ0) is 14.5. The molecule has 2 aromatic carbocycles. The Kier molecular flexibility index (Phi) is 4.99. The maximum absolute atomic E-state index is 13.6. The highest BCUT2D eigenvalue weighted by atomic mass is 79.9. The normalized spacial score (nSPS) is 10.1. The standard InChI is InChI=1S/C15H10BrClFNO/c16-7-11-6-13(17)2-4-15(11)20-9-12-5-10(8-19)1-3-14(12)18/h1-6H,7,9H2. The largest absolute Gasteiger partial charge is 0.488 e. The summed E-state index contributed by atoms with van der Waals surface area (Å²) in [7, 11) is 0. The fraction of sp³-hybridized carbons (Fsp3) is 0.133. The quantitative estimate of drug-likeness (QED) is 0.737. The second-order valence-corrected chi connectivity index (χ2v) is 5.09. The van der Waals surface area contributed by atoms with Crippen LogP contribution in [0, 0.1) is 17.1 Å². The minimum Gasteiger partial charge on any atom is -0.488 e. The SMILES string of the molecule is N#Cc1ccc(F)c(COc2ccc(Cl)cc2CBr)c1. The molecule has 0 aromatic heterocycles. The van der Waals surface area contributed by atoms with Gasteiger partial charge in [0, 0.05) is 21.5 Å². The van der Waals surface area contributed by atoms with Crippen LogP contribution in [-0.4, -0.2) is 0 Å². The van der Waals surface area contributed by atoms with Crippen molar-refractivity contribution < 1.29 is 9.13 Å². The first-order chi connectivity index (χ1) is 9.63. The molecule has 0 saturated carbocycles. The number of hydrogen-bond acceptors (Lipinski definition) is 2. The van der Waals surface area contributed by atoms with E-state index in [2.05, 4.69) is 15.9 Å². The van der Waals surface area contributed by atoms with Gasteiger partial charge >= 0.3 is 0 Å². The number of alkyl halides is 1. The van der Waals surface area contributed by atoms with Gasteiger partial charge in [-0.2, -0.15) is 5.26 Å². The number of hydrogen-bond donors (Lipinski definition) is 0. The molecule has 102 valence electrons. The van der Waals surface area contributed by atoms with E-state index in [1.807, 2.05) is 6.07 Å². The van der Waals surface area contributed by atoms with E-state index in [-0.39, 0.29) is 6.61 Å². The van der Waals surface area contributed by atoms with E-state index in [0.29, 0.717) is 27.2 Å². The molecular weight excluding hydrogens is 345 g/mol. The van der Waals surface area contributed by atoms with E-state index >= 15 is 0 Å². The van der Waals surface area contributed by atoms with Gasteiger partial charge in [-0.1, -0.05) is 27.5 Å². The second-order valence-electron chi connectivity index (χ2n) is 4.09. The third-order valence-corrected chi connectivity index (χ3v) is 3.56. The van der Waals surface area contributed by atoms with Gasteiger partial charge in [0.25, 0.3) is 0 Å². The van der Waals surface area contributed by atoms with Crippen LogP contribution in [0.2, 0.25) is 5.02 Å². The molecule has 0 radical (unpaired) electrons. The highest BCUT2D eigenvalue weighted by Gasteiger charge is 2.08. The lowest BCUT2D eigenvalue weighted by Crippen LogP contribution is -2.01. The molecule has 0 atom stereocenters. The first kappa shape index (κ1) is 14.8. The summed E-state index contributed by atoms with van der Waals surface area (Å²) in [4.78, 5) is 0. The number of benzene rings is 2. The Hall–Kier alpha value is -1.57. The molecule has 5 heteroatoms. The molecule has 0 saturated heterocycles. The fourth-order valence-corrected chi connectivity index (χ4v) is 2.34. The summed E-state index contributed by atoms with van der Waals surface area (Å²) < 4.78 is 19.2. The van der Waals surface area contributed by atoms with Gasteiger partial charge in [0.1, 0.15) is 18.2 Å². The average molecular weight is 355 g/mol. The van der Waals surface area contributed by atoms with E-state index in [9.17, 15) is 4.39 Å². The van der Waals surface area contributed by atoms with Gasteiger partial charge in [0.05, 0.1) is 11.6 Å². The molecular formula is C15H10BrClFNO. The Bertz CT molecular complexity index is 669. The van der Waals surface area contributed by atoms with E-state index in [1.54, 1.807) is 18.2 Å². The molecule has 20 heavy (non-hydrogen) atoms. The Balaban J connectivity index is 2.19. The Labute approximate surface area is 129 Å². The van der Waals surface area contributed by atoms with Gasteiger partial charge in [0.15, 0.2) is 0 Å². The molecule has 0 fully saturated rings. The molecule has 0 bridgehead atoms. The van der Waals surface area contributed by atoms with Crippen molar-refractivity contribution in [2.24, 2.45) is 0 Å². The highest BCUT2D eigenvalue weighted by Crippen LogP contribution is 2.26. The maximum Gasteiger partial charge on any atom is 0.129 e. The van der Waals surface area contributed by atoms with Gasteiger partial charge in [0.2, 0.25) is 0 Å². The van der Waals surface area contributed by atoms with Crippen LogP contribution in [-0.2, 0) is 11.9 Å². The predicted octanol–water partition coefficient (Wildman–Crippen LogP) is 4.82. The molecule has 0 aliphatic heterocycles. The van der Waals surface area contributed by atoms with E-state index < -0.39 is 5.82 Å². The van der Waals surface area contributed by atoms with Gasteiger partial charge in [-0.3, -0.25) is 0 Å². The lowest BCUT2D eigenvalue weighted by molar-refractivity contribution is 0.297. The van der Waals surface area contributed by atoms with E-state index in [4.69, 9.17) is 21.6 Å². The average Bonchev–Trinajstić information content (AvgIpc) is 2.47. The third-order valence-electron chi connectivity index (χ3n) is 2.72. The van der Waals surface area contributed by atoms with Crippen LogP contribution in [0.5, 0.6) is 5.75 Å². The molecule has 0 unspecified atom stereocenters. The number of halogens is 3. The zero-order valence-electron chi connectivity index (χ0n) is 10.4. The fourth-order valence-electron chi connectivity index (χ4n) is 1.70. The molecule has 2 rings (SSSR count). The summed E-state index contributed by atoms with van der Waals surface area (Å²) in [5.41, 5.74) is 1.63. The first-order valence-electron chi connectivity index (χ1n) is 5.79. The molecule has 0 amide bonds. The first-order valence-corrected chi connectivity index (χ1v) is 7.29. The van der Waals surface area contributed by atoms with Crippen LogP contribution in [0.1, 0.15) is 16.7 Å². The second kappa shape index (κ2) is 6.74. The number of nitrogens with zero attached hydrogens (tertiary/aromatic N) is 1. The maximum atomic E-state index is 13.6. The van der Waals surface area contributed by atoms with Crippen LogP contribution < -0.4 is 4.74 Å². The summed E-state index contributed by atoms with van der Waals surface area (Å²) in [5.74, 6) is 0.242. The van der Waals surface area contributed by atoms with E-state index in [0.717, 1.165) is 5.56 Å². The van der Waals surface area contributed by atoms with Gasteiger partial charge in [-0.25, -0.2) is 4.39 Å². The van der Waals surface area contributed by atoms with E-state index in [1.165, 1.54) is 18.2 Å². The van der Waals surface area contributed by atoms with Crippen LogP contribution in [0.25, 0.3) is 0 Å². The van der Waals surface area contributed by atoms with Crippen molar-refractivity contribution in [3.63, 3.8) is 0 Å². The minimum absolute atomic E-state index is 0.0585. The monoisotopic (exact) mass is 353 g/mol. The van der Waals surface area contributed by atoms with Gasteiger partial charge in [-0.05, 0) is 36.4 Å². The van der Waals surface area contributed by atoms with Crippen molar-refractivity contribution in [2.75, 3.05) is 0 Å². The summed E-state index contributed by atoms with van der Waals surface area (Å²) in [5, 5.41) is 10.0. The van der Waals surface area contributed by atoms with Crippen molar-refractivity contribution >= 4 is 27.5 Å². The van der Waals surface area contributed by atoms with Crippen LogP contribution >= 0.6 is 27.5 Å². The van der Waals surface area contributed by atoms with Crippen LogP contribution in [0.15, 0.2) is 36.4 Å². The number of ether oxygens (including phenoxy) is 1. The Morgan fingerprint density at radius 3 is 2.70 bits per heavy atom. The molecule has 0 N–H and O–H groups in total. The lowest BCUT2D eigenvalue weighted by Gasteiger charge is -2.11. The van der Waals surface area contributed by atoms with Gasteiger partial charge < -0.3 is 4.74 Å². The molecule has 0 heterocycles. The summed E-state index contributed by atoms with van der Waals surface area (Å²) in [6.07, 6.45) is 0. The van der Waals surface area contributed by atoms with Crippen molar-refractivity contribution in [1.29, 1.82) is 5.26 Å². The topological polar surface area (TPSA) is 33.0 Å². The molecule has 0 aliphatic rings. The minimum atomic E-state index is -0.390. The molecule has 0 aliphatic carbocycles.